The SMILES string of the molecule is Clc1ccc(CO[C@H](Cc2ccc(Cl)cc2Cl)n2ccnc2)c(Cl)c1. The Morgan fingerprint density at radius 2 is 1.56 bits per heavy atom. The molecule has 3 aromatic rings. The number of hydrogen-bond acceptors (Lipinski definition) is 2. The van der Waals surface area contributed by atoms with Crippen LogP contribution in [0.25, 0.3) is 0 Å². The third kappa shape index (κ3) is 4.90. The molecule has 1 aromatic heterocycles. The van der Waals surface area contributed by atoms with E-state index in [1.54, 1.807) is 30.7 Å². The zero-order valence-electron chi connectivity index (χ0n) is 13.0. The van der Waals surface area contributed by atoms with Gasteiger partial charge < -0.3 is 9.30 Å². The third-order valence-corrected chi connectivity index (χ3v) is 4.89. The summed E-state index contributed by atoms with van der Waals surface area (Å²) in [4.78, 5) is 4.09. The van der Waals surface area contributed by atoms with E-state index in [2.05, 4.69) is 4.98 Å². The Morgan fingerprint density at radius 1 is 0.920 bits per heavy atom. The van der Waals surface area contributed by atoms with E-state index in [1.807, 2.05) is 29.0 Å². The van der Waals surface area contributed by atoms with Gasteiger partial charge in [0, 0.05) is 38.9 Å². The molecule has 0 unspecified atom stereocenters. The fourth-order valence-electron chi connectivity index (χ4n) is 2.39. The molecule has 0 radical (unpaired) electrons. The van der Waals surface area contributed by atoms with Crippen LogP contribution in [0.5, 0.6) is 0 Å². The van der Waals surface area contributed by atoms with Gasteiger partial charge in [0.2, 0.25) is 0 Å². The lowest BCUT2D eigenvalue weighted by molar-refractivity contribution is -0.00918. The van der Waals surface area contributed by atoms with E-state index in [9.17, 15) is 0 Å². The van der Waals surface area contributed by atoms with Crippen molar-refractivity contribution in [1.29, 1.82) is 0 Å². The van der Waals surface area contributed by atoms with Crippen molar-refractivity contribution in [2.24, 2.45) is 0 Å². The lowest BCUT2D eigenvalue weighted by atomic mass is 10.1. The lowest BCUT2D eigenvalue weighted by Crippen LogP contribution is -2.15. The number of benzene rings is 2. The first-order valence-corrected chi connectivity index (χ1v) is 9.01. The molecule has 3 rings (SSSR count). The molecular weight excluding hydrogens is 402 g/mol. The molecule has 3 nitrogen and oxygen atoms in total. The molecule has 2 aromatic carbocycles. The van der Waals surface area contributed by atoms with Gasteiger partial charge in [-0.05, 0) is 35.4 Å². The van der Waals surface area contributed by atoms with Crippen molar-refractivity contribution in [3.8, 4) is 0 Å². The average Bonchev–Trinajstić information content (AvgIpc) is 3.09. The van der Waals surface area contributed by atoms with Crippen LogP contribution in [0.1, 0.15) is 17.4 Å². The van der Waals surface area contributed by atoms with Crippen molar-refractivity contribution < 1.29 is 4.74 Å². The second-order valence-corrected chi connectivity index (χ2v) is 7.14. The van der Waals surface area contributed by atoms with Crippen LogP contribution in [0, 0.1) is 0 Å². The second kappa shape index (κ2) is 8.43. The summed E-state index contributed by atoms with van der Waals surface area (Å²) in [5.41, 5.74) is 1.80. The van der Waals surface area contributed by atoms with Gasteiger partial charge in [-0.1, -0.05) is 58.5 Å². The number of halogens is 4. The molecule has 0 N–H and O–H groups in total. The Hall–Kier alpha value is -1.23. The molecular formula is C18H14Cl4N2O. The molecule has 0 saturated heterocycles. The molecule has 25 heavy (non-hydrogen) atoms. The molecule has 0 aliphatic carbocycles. The van der Waals surface area contributed by atoms with Gasteiger partial charge in [-0.3, -0.25) is 0 Å². The number of aromatic nitrogens is 2. The van der Waals surface area contributed by atoms with Gasteiger partial charge in [-0.25, -0.2) is 4.98 Å². The Bertz CT molecular complexity index is 852. The Morgan fingerprint density at radius 3 is 2.12 bits per heavy atom. The van der Waals surface area contributed by atoms with Crippen molar-refractivity contribution in [3.05, 3.63) is 86.3 Å². The van der Waals surface area contributed by atoms with E-state index >= 15 is 0 Å². The normalized spacial score (nSPS) is 12.3. The Labute approximate surface area is 166 Å². The topological polar surface area (TPSA) is 27.1 Å². The predicted octanol–water partition coefficient (Wildman–Crippen LogP) is 6.45. The summed E-state index contributed by atoms with van der Waals surface area (Å²) < 4.78 is 7.97. The molecule has 0 bridgehead atoms. The van der Waals surface area contributed by atoms with Crippen LogP contribution >= 0.6 is 46.4 Å². The first kappa shape index (κ1) is 18.6. The maximum atomic E-state index is 6.29. The van der Waals surface area contributed by atoms with Gasteiger partial charge in [-0.2, -0.15) is 0 Å². The van der Waals surface area contributed by atoms with E-state index in [4.69, 9.17) is 51.1 Å². The van der Waals surface area contributed by atoms with Crippen LogP contribution in [0.15, 0.2) is 55.1 Å². The number of imidazole rings is 1. The molecule has 0 aliphatic heterocycles. The number of ether oxygens (including phenoxy) is 1. The van der Waals surface area contributed by atoms with Crippen molar-refractivity contribution in [2.75, 3.05) is 0 Å². The Kier molecular flexibility index (Phi) is 6.26. The van der Waals surface area contributed by atoms with Gasteiger partial charge >= 0.3 is 0 Å². The maximum Gasteiger partial charge on any atom is 0.139 e. The molecule has 130 valence electrons. The largest absolute Gasteiger partial charge is 0.353 e. The van der Waals surface area contributed by atoms with Crippen molar-refractivity contribution >= 4 is 46.4 Å². The third-order valence-electron chi connectivity index (χ3n) is 3.71. The number of nitrogens with zero attached hydrogens (tertiary/aromatic N) is 2. The minimum atomic E-state index is -0.284. The highest BCUT2D eigenvalue weighted by atomic mass is 35.5. The predicted molar refractivity (Wildman–Crippen MR) is 103 cm³/mol. The summed E-state index contributed by atoms with van der Waals surface area (Å²) in [5, 5.41) is 2.36. The van der Waals surface area contributed by atoms with Crippen molar-refractivity contribution in [2.45, 2.75) is 19.3 Å². The first-order valence-electron chi connectivity index (χ1n) is 7.50. The lowest BCUT2D eigenvalue weighted by Gasteiger charge is -2.20. The summed E-state index contributed by atoms with van der Waals surface area (Å²) in [6.45, 7) is 0.337. The number of hydrogen-bond donors (Lipinski definition) is 0. The van der Waals surface area contributed by atoms with Gasteiger partial charge in [0.05, 0.1) is 12.9 Å². The van der Waals surface area contributed by atoms with Crippen molar-refractivity contribution in [3.63, 3.8) is 0 Å². The highest BCUT2D eigenvalue weighted by molar-refractivity contribution is 6.35. The van der Waals surface area contributed by atoms with Gasteiger partial charge in [0.25, 0.3) is 0 Å². The summed E-state index contributed by atoms with van der Waals surface area (Å²) in [6, 6.07) is 10.8. The van der Waals surface area contributed by atoms with Crippen molar-refractivity contribution in [1.82, 2.24) is 9.55 Å². The molecule has 1 atom stereocenters. The van der Waals surface area contributed by atoms with Gasteiger partial charge in [-0.15, -0.1) is 0 Å². The molecule has 0 fully saturated rings. The molecule has 0 aliphatic rings. The van der Waals surface area contributed by atoms with E-state index in [-0.39, 0.29) is 6.23 Å². The Balaban J connectivity index is 1.78. The summed E-state index contributed by atoms with van der Waals surface area (Å²) >= 11 is 24.4. The summed E-state index contributed by atoms with van der Waals surface area (Å²) in [5.74, 6) is 0. The molecule has 0 spiro atoms. The van der Waals surface area contributed by atoms with Crippen LogP contribution in [-0.4, -0.2) is 9.55 Å². The molecule has 0 saturated carbocycles. The minimum absolute atomic E-state index is 0.284. The average molecular weight is 416 g/mol. The van der Waals surface area contributed by atoms with Crippen LogP contribution in [-0.2, 0) is 17.8 Å². The van der Waals surface area contributed by atoms with E-state index in [0.717, 1.165) is 11.1 Å². The fourth-order valence-corrected chi connectivity index (χ4v) is 3.34. The second-order valence-electron chi connectivity index (χ2n) is 5.45. The van der Waals surface area contributed by atoms with Gasteiger partial charge in [0.1, 0.15) is 6.23 Å². The van der Waals surface area contributed by atoms with E-state index in [1.165, 1.54) is 0 Å². The van der Waals surface area contributed by atoms with Crippen LogP contribution < -0.4 is 0 Å². The minimum Gasteiger partial charge on any atom is -0.353 e. The standard InChI is InChI=1S/C18H14Cl4N2O/c19-14-3-1-12(16(21)8-14)7-18(24-6-5-23-11-24)25-10-13-2-4-15(20)9-17(13)22/h1-6,8-9,11,18H,7,10H2/t18-/m1/s1. The first-order chi connectivity index (χ1) is 12.0. The molecule has 7 heteroatoms. The van der Waals surface area contributed by atoms with Gasteiger partial charge in [0.15, 0.2) is 0 Å². The molecule has 1 heterocycles. The monoisotopic (exact) mass is 414 g/mol. The molecule has 0 amide bonds. The highest BCUT2D eigenvalue weighted by Crippen LogP contribution is 2.27. The fraction of sp³-hybridized carbons (Fsp3) is 0.167. The zero-order chi connectivity index (χ0) is 17.8. The summed E-state index contributed by atoms with van der Waals surface area (Å²) in [7, 11) is 0. The van der Waals surface area contributed by atoms with Crippen LogP contribution in [0.2, 0.25) is 20.1 Å². The number of rotatable bonds is 6. The maximum absolute atomic E-state index is 6.29. The summed E-state index contributed by atoms with van der Waals surface area (Å²) in [6.07, 6.45) is 5.54. The van der Waals surface area contributed by atoms with Crippen LogP contribution in [0.4, 0.5) is 0 Å². The quantitative estimate of drug-likeness (QED) is 0.462. The smallest absolute Gasteiger partial charge is 0.139 e. The van der Waals surface area contributed by atoms with Crippen LogP contribution in [0.3, 0.4) is 0 Å². The highest BCUT2D eigenvalue weighted by Gasteiger charge is 2.15. The van der Waals surface area contributed by atoms with E-state index in [0.29, 0.717) is 33.1 Å². The zero-order valence-corrected chi connectivity index (χ0v) is 16.0. The van der Waals surface area contributed by atoms with E-state index < -0.39 is 0 Å².